The molecule has 0 bridgehead atoms. The second-order valence-corrected chi connectivity index (χ2v) is 11.8. The molecule has 202 valence electrons. The van der Waals surface area contributed by atoms with Gasteiger partial charge in [0.1, 0.15) is 23.4 Å². The van der Waals surface area contributed by atoms with Crippen LogP contribution >= 0.6 is 23.1 Å². The van der Waals surface area contributed by atoms with Crippen LogP contribution in [0.25, 0.3) is 0 Å². The summed E-state index contributed by atoms with van der Waals surface area (Å²) in [5.74, 6) is -3.47. The van der Waals surface area contributed by atoms with Crippen molar-refractivity contribution in [1.29, 1.82) is 0 Å². The first-order valence-corrected chi connectivity index (χ1v) is 14.1. The van der Waals surface area contributed by atoms with E-state index in [9.17, 15) is 28.7 Å². The van der Waals surface area contributed by atoms with E-state index < -0.39 is 45.5 Å². The van der Waals surface area contributed by atoms with Gasteiger partial charge in [0.15, 0.2) is 0 Å². The number of halogens is 1. The number of carbonyl (C=O) groups excluding carboxylic acids is 3. The van der Waals surface area contributed by atoms with Crippen LogP contribution < -0.4 is 15.1 Å². The molecule has 0 spiro atoms. The predicted molar refractivity (Wildman–Crippen MR) is 150 cm³/mol. The Balaban J connectivity index is 1.41. The van der Waals surface area contributed by atoms with Crippen molar-refractivity contribution in [3.05, 3.63) is 104 Å². The van der Waals surface area contributed by atoms with E-state index >= 15 is 0 Å². The van der Waals surface area contributed by atoms with Crippen LogP contribution in [0.5, 0.6) is 5.75 Å². The molecule has 2 aliphatic heterocycles. The Kier molecular flexibility index (Phi) is 6.55. The molecular weight excluding hydrogens is 553 g/mol. The maximum Gasteiger partial charge on any atom is 0.308 e. The van der Waals surface area contributed by atoms with Gasteiger partial charge in [-0.2, -0.15) is 0 Å². The molecule has 2 N–H and O–H groups in total. The highest BCUT2D eigenvalue weighted by Crippen LogP contribution is 2.55. The van der Waals surface area contributed by atoms with Gasteiger partial charge in [0.2, 0.25) is 17.7 Å². The van der Waals surface area contributed by atoms with Gasteiger partial charge in [0.05, 0.1) is 16.6 Å². The van der Waals surface area contributed by atoms with Crippen LogP contribution in [-0.4, -0.2) is 32.6 Å². The molecule has 40 heavy (non-hydrogen) atoms. The van der Waals surface area contributed by atoms with E-state index in [1.54, 1.807) is 30.3 Å². The monoisotopic (exact) mass is 575 g/mol. The summed E-state index contributed by atoms with van der Waals surface area (Å²) < 4.78 is 14.6. The fourth-order valence-corrected chi connectivity index (χ4v) is 7.93. The van der Waals surface area contributed by atoms with E-state index in [1.165, 1.54) is 39.8 Å². The Morgan fingerprint density at radius 3 is 2.38 bits per heavy atom. The van der Waals surface area contributed by atoms with Gasteiger partial charge in [0, 0.05) is 22.0 Å². The Morgan fingerprint density at radius 2 is 1.68 bits per heavy atom. The Morgan fingerprint density at radius 1 is 0.975 bits per heavy atom. The number of phenolic OH excluding ortho intramolecular Hbond substituents is 1. The molecule has 3 aromatic carbocycles. The summed E-state index contributed by atoms with van der Waals surface area (Å²) in [5.41, 5.74) is 2.22. The second kappa shape index (κ2) is 10.1. The lowest BCUT2D eigenvalue weighted by Gasteiger charge is -2.31. The fourth-order valence-electron chi connectivity index (χ4n) is 5.17. The molecule has 3 heterocycles. The van der Waals surface area contributed by atoms with E-state index in [4.69, 9.17) is 0 Å². The normalized spacial score (nSPS) is 19.9. The number of amides is 3. The zero-order valence-corrected chi connectivity index (χ0v) is 22.7. The predicted octanol–water partition coefficient (Wildman–Crippen LogP) is 4.50. The van der Waals surface area contributed by atoms with Crippen LogP contribution in [0, 0.1) is 18.7 Å². The molecule has 1 aromatic heterocycles. The molecule has 3 atom stereocenters. The van der Waals surface area contributed by atoms with Crippen LogP contribution in [0.1, 0.15) is 21.9 Å². The number of phenols is 1. The van der Waals surface area contributed by atoms with Gasteiger partial charge >= 0.3 is 4.87 Å². The van der Waals surface area contributed by atoms with Crippen LogP contribution in [-0.2, 0) is 20.9 Å². The number of hydrogen-bond acceptors (Lipinski definition) is 7. The van der Waals surface area contributed by atoms with Crippen molar-refractivity contribution in [2.75, 3.05) is 10.2 Å². The molecule has 0 aliphatic carbocycles. The first-order valence-electron chi connectivity index (χ1n) is 12.4. The Hall–Kier alpha value is -4.22. The zero-order chi connectivity index (χ0) is 28.1. The standard InChI is InChI=1S/C29H22FN3O5S2/c1-15-6-12-18(13-7-15)33-26(36)23-22(19-4-2-3-5-20(19)34)25-28(39-24(23)27(33)37)32(29(38)40-25)14-21(35)31-17-10-8-16(30)9-11-17/h2-13,22-24,34H,14H2,1H3,(H,31,35)/t22-,23?,24?/m0/s1. The molecule has 4 aromatic rings. The third-order valence-corrected chi connectivity index (χ3v) is 9.65. The molecular formula is C29H22FN3O5S2. The molecule has 2 aliphatic rings. The minimum Gasteiger partial charge on any atom is -0.508 e. The average Bonchev–Trinajstić information content (AvgIpc) is 3.37. The van der Waals surface area contributed by atoms with E-state index in [0.717, 1.165) is 28.7 Å². The lowest BCUT2D eigenvalue weighted by Crippen LogP contribution is -2.33. The number of aromatic hydroxyl groups is 1. The van der Waals surface area contributed by atoms with Gasteiger partial charge in [-0.1, -0.05) is 59.0 Å². The molecule has 1 fully saturated rings. The number of benzene rings is 3. The number of nitrogens with zero attached hydrogens (tertiary/aromatic N) is 2. The van der Waals surface area contributed by atoms with Crippen LogP contribution in [0.15, 0.2) is 82.6 Å². The number of fused-ring (bicyclic) bond motifs is 2. The minimum atomic E-state index is -0.869. The number of carbonyl (C=O) groups is 3. The molecule has 0 radical (unpaired) electrons. The van der Waals surface area contributed by atoms with E-state index in [-0.39, 0.29) is 12.3 Å². The number of nitrogens with one attached hydrogen (secondary N) is 1. The Labute approximate surface area is 236 Å². The van der Waals surface area contributed by atoms with E-state index in [2.05, 4.69) is 5.32 Å². The first kappa shape index (κ1) is 26.0. The van der Waals surface area contributed by atoms with Crippen molar-refractivity contribution < 1.29 is 23.9 Å². The maximum atomic E-state index is 13.9. The van der Waals surface area contributed by atoms with Gasteiger partial charge in [-0.15, -0.1) is 0 Å². The van der Waals surface area contributed by atoms with Gasteiger partial charge in [-0.05, 0) is 49.4 Å². The number of anilines is 2. The molecule has 3 amide bonds. The van der Waals surface area contributed by atoms with E-state index in [1.807, 2.05) is 19.1 Å². The third-order valence-electron chi connectivity index (χ3n) is 7.04. The quantitative estimate of drug-likeness (QED) is 0.340. The molecule has 2 unspecified atom stereocenters. The molecule has 6 rings (SSSR count). The van der Waals surface area contributed by atoms with Crippen molar-refractivity contribution in [2.24, 2.45) is 5.92 Å². The first-order chi connectivity index (χ1) is 19.2. The average molecular weight is 576 g/mol. The summed E-state index contributed by atoms with van der Waals surface area (Å²) in [6.45, 7) is 1.56. The van der Waals surface area contributed by atoms with E-state index in [0.29, 0.717) is 26.8 Å². The number of thioether (sulfide) groups is 1. The van der Waals surface area contributed by atoms with Crippen molar-refractivity contribution in [3.63, 3.8) is 0 Å². The second-order valence-electron chi connectivity index (χ2n) is 9.63. The summed E-state index contributed by atoms with van der Waals surface area (Å²) >= 11 is 1.99. The molecule has 11 heteroatoms. The highest BCUT2D eigenvalue weighted by Gasteiger charge is 2.57. The Bertz CT molecular complexity index is 1710. The minimum absolute atomic E-state index is 0.0559. The number of rotatable bonds is 5. The fraction of sp³-hybridized carbons (Fsp3) is 0.172. The van der Waals surface area contributed by atoms with Crippen molar-refractivity contribution >= 4 is 52.2 Å². The largest absolute Gasteiger partial charge is 0.508 e. The SMILES string of the molecule is Cc1ccc(N2C(=O)C3Sc4c(sc(=O)n4CC(=O)Nc4ccc(F)cc4)[C@@H](c4ccccc4O)C3C2=O)cc1. The number of para-hydroxylation sites is 1. The number of imide groups is 1. The summed E-state index contributed by atoms with van der Waals surface area (Å²) in [5, 5.41) is 13.0. The lowest BCUT2D eigenvalue weighted by molar-refractivity contribution is -0.122. The van der Waals surface area contributed by atoms with Gasteiger partial charge < -0.3 is 10.4 Å². The maximum absolute atomic E-state index is 13.9. The topological polar surface area (TPSA) is 109 Å². The van der Waals surface area contributed by atoms with Gasteiger partial charge in [-0.3, -0.25) is 23.7 Å². The summed E-state index contributed by atoms with van der Waals surface area (Å²) in [6, 6.07) is 18.9. The van der Waals surface area contributed by atoms with Crippen molar-refractivity contribution in [3.8, 4) is 5.75 Å². The van der Waals surface area contributed by atoms with Gasteiger partial charge in [-0.25, -0.2) is 9.29 Å². The number of aromatic nitrogens is 1. The summed E-state index contributed by atoms with van der Waals surface area (Å²) in [4.78, 5) is 55.0. The van der Waals surface area contributed by atoms with Crippen LogP contribution in [0.3, 0.4) is 0 Å². The number of aryl methyl sites for hydroxylation is 1. The molecule has 1 saturated heterocycles. The zero-order valence-electron chi connectivity index (χ0n) is 21.0. The van der Waals surface area contributed by atoms with Crippen molar-refractivity contribution in [1.82, 2.24) is 4.57 Å². The lowest BCUT2D eigenvalue weighted by atomic mass is 9.82. The third kappa shape index (κ3) is 4.40. The van der Waals surface area contributed by atoms with Gasteiger partial charge in [0.25, 0.3) is 0 Å². The highest BCUT2D eigenvalue weighted by atomic mass is 32.2. The van der Waals surface area contributed by atoms with Crippen LogP contribution in [0.2, 0.25) is 0 Å². The number of thiazole rings is 1. The number of hydrogen-bond donors (Lipinski definition) is 2. The highest BCUT2D eigenvalue weighted by molar-refractivity contribution is 8.00. The van der Waals surface area contributed by atoms with Crippen LogP contribution in [0.4, 0.5) is 15.8 Å². The smallest absolute Gasteiger partial charge is 0.308 e. The summed E-state index contributed by atoms with van der Waals surface area (Å²) in [7, 11) is 0. The molecule has 8 nitrogen and oxygen atoms in total. The van der Waals surface area contributed by atoms with Crippen molar-refractivity contribution in [2.45, 2.75) is 29.7 Å². The molecule has 0 saturated carbocycles. The summed E-state index contributed by atoms with van der Waals surface area (Å²) in [6.07, 6.45) is 0.